The lowest BCUT2D eigenvalue weighted by Gasteiger charge is -2.14. The van der Waals surface area contributed by atoms with Crippen LogP contribution < -0.4 is 5.73 Å². The van der Waals surface area contributed by atoms with E-state index in [9.17, 15) is 0 Å². The summed E-state index contributed by atoms with van der Waals surface area (Å²) >= 11 is 0. The number of nitrogens with two attached hydrogens (primary N) is 1. The Morgan fingerprint density at radius 1 is 1.36 bits per heavy atom. The third-order valence-corrected chi connectivity index (χ3v) is 2.69. The van der Waals surface area contributed by atoms with Gasteiger partial charge < -0.3 is 5.73 Å². The summed E-state index contributed by atoms with van der Waals surface area (Å²) in [4.78, 5) is 4.41. The molecule has 0 bridgehead atoms. The number of aromatic nitrogens is 1. The second kappa shape index (κ2) is 3.82. The first-order valence-electron chi connectivity index (χ1n) is 5.19. The summed E-state index contributed by atoms with van der Waals surface area (Å²) < 4.78 is 0. The van der Waals surface area contributed by atoms with Crippen molar-refractivity contribution in [3.63, 3.8) is 0 Å². The second-order valence-corrected chi connectivity index (χ2v) is 3.91. The fourth-order valence-electron chi connectivity index (χ4n) is 1.99. The van der Waals surface area contributed by atoms with Gasteiger partial charge in [0.2, 0.25) is 0 Å². The molecule has 0 fully saturated rings. The molecule has 2 N–H and O–H groups in total. The molecule has 2 heteroatoms. The van der Waals surface area contributed by atoms with Gasteiger partial charge in [-0.25, -0.2) is 0 Å². The summed E-state index contributed by atoms with van der Waals surface area (Å²) in [6, 6.07) is 2.00. The molecular weight excluding hydrogens is 172 g/mol. The zero-order valence-electron chi connectivity index (χ0n) is 8.59. The van der Waals surface area contributed by atoms with E-state index < -0.39 is 0 Å². The number of nitrogens with zero attached hydrogens (tertiary/aromatic N) is 1. The number of pyridine rings is 1. The predicted molar refractivity (Wildman–Crippen MR) is 59.8 cm³/mol. The van der Waals surface area contributed by atoms with Crippen molar-refractivity contribution in [2.75, 3.05) is 5.73 Å². The van der Waals surface area contributed by atoms with Crippen molar-refractivity contribution < 1.29 is 0 Å². The smallest absolute Gasteiger partial charge is 0.0689 e. The molecule has 0 spiro atoms. The Morgan fingerprint density at radius 3 is 2.86 bits per heavy atom. The lowest BCUT2D eigenvalue weighted by molar-refractivity contribution is 0.739. The van der Waals surface area contributed by atoms with Crippen LogP contribution in [0, 0.1) is 6.92 Å². The van der Waals surface area contributed by atoms with Gasteiger partial charge in [-0.3, -0.25) is 4.98 Å². The van der Waals surface area contributed by atoms with Crippen LogP contribution in [0.2, 0.25) is 0 Å². The lowest BCUT2D eigenvalue weighted by Crippen LogP contribution is -1.99. The first-order chi connectivity index (χ1) is 6.77. The number of aryl methyl sites for hydroxylation is 1. The molecule has 1 heterocycles. The Labute approximate surface area is 84.9 Å². The molecule has 1 aromatic rings. The number of hydrogen-bond acceptors (Lipinski definition) is 2. The van der Waals surface area contributed by atoms with Gasteiger partial charge in [0.25, 0.3) is 0 Å². The van der Waals surface area contributed by atoms with Gasteiger partial charge in [-0.1, -0.05) is 6.08 Å². The summed E-state index contributed by atoms with van der Waals surface area (Å²) in [5, 5.41) is 0. The highest BCUT2D eigenvalue weighted by molar-refractivity contribution is 5.66. The molecule has 1 aliphatic carbocycles. The fourth-order valence-corrected chi connectivity index (χ4v) is 1.99. The maximum Gasteiger partial charge on any atom is 0.0689 e. The molecule has 0 saturated carbocycles. The van der Waals surface area contributed by atoms with E-state index in [0.29, 0.717) is 0 Å². The maximum absolute atomic E-state index is 5.68. The molecule has 14 heavy (non-hydrogen) atoms. The van der Waals surface area contributed by atoms with Gasteiger partial charge in [-0.2, -0.15) is 0 Å². The molecule has 0 aromatic carbocycles. The Hall–Kier alpha value is -1.31. The summed E-state index contributed by atoms with van der Waals surface area (Å²) in [7, 11) is 0. The number of anilines is 1. The Kier molecular flexibility index (Phi) is 2.53. The molecule has 0 radical (unpaired) electrons. The monoisotopic (exact) mass is 188 g/mol. The molecule has 1 aliphatic rings. The number of nitrogen functional groups attached to an aromatic ring is 1. The van der Waals surface area contributed by atoms with Crippen LogP contribution in [0.15, 0.2) is 18.3 Å². The van der Waals surface area contributed by atoms with Crippen LogP contribution in [-0.2, 0) is 0 Å². The first-order valence-corrected chi connectivity index (χ1v) is 5.19. The largest absolute Gasteiger partial charge is 0.397 e. The second-order valence-electron chi connectivity index (χ2n) is 3.91. The van der Waals surface area contributed by atoms with Gasteiger partial charge in [0.05, 0.1) is 17.6 Å². The van der Waals surface area contributed by atoms with Crippen molar-refractivity contribution in [1.29, 1.82) is 0 Å². The lowest BCUT2D eigenvalue weighted by atomic mass is 9.95. The quantitative estimate of drug-likeness (QED) is 0.736. The van der Waals surface area contributed by atoms with Crippen molar-refractivity contribution in [3.05, 3.63) is 29.6 Å². The van der Waals surface area contributed by atoms with E-state index in [2.05, 4.69) is 18.0 Å². The topological polar surface area (TPSA) is 38.9 Å². The maximum atomic E-state index is 5.68. The van der Waals surface area contributed by atoms with Gasteiger partial charge in [0.1, 0.15) is 0 Å². The average Bonchev–Trinajstić information content (AvgIpc) is 2.19. The number of allylic oxidation sites excluding steroid dienone is 2. The van der Waals surface area contributed by atoms with E-state index in [0.717, 1.165) is 17.8 Å². The summed E-state index contributed by atoms with van der Waals surface area (Å²) in [6.45, 7) is 2.08. The van der Waals surface area contributed by atoms with Crippen LogP contribution in [0.5, 0.6) is 0 Å². The summed E-state index contributed by atoms with van der Waals surface area (Å²) in [5.41, 5.74) is 10.2. The fraction of sp³-hybridized carbons (Fsp3) is 0.417. The minimum Gasteiger partial charge on any atom is -0.397 e. The third kappa shape index (κ3) is 1.79. The first kappa shape index (κ1) is 9.25. The molecule has 0 unspecified atom stereocenters. The van der Waals surface area contributed by atoms with Gasteiger partial charge in [0, 0.05) is 0 Å². The molecule has 74 valence electrons. The highest BCUT2D eigenvalue weighted by atomic mass is 14.7. The molecule has 2 nitrogen and oxygen atoms in total. The van der Waals surface area contributed by atoms with Crippen LogP contribution in [0.25, 0.3) is 5.57 Å². The molecule has 0 amide bonds. The van der Waals surface area contributed by atoms with E-state index in [4.69, 9.17) is 5.73 Å². The summed E-state index contributed by atoms with van der Waals surface area (Å²) in [5.74, 6) is 0. The standard InChI is InChI=1S/C12H16N2/c1-9-7-11(13)8-14-12(9)10-5-3-2-4-6-10/h5,7-8H,2-4,6,13H2,1H3. The van der Waals surface area contributed by atoms with Crippen molar-refractivity contribution in [1.82, 2.24) is 4.98 Å². The van der Waals surface area contributed by atoms with Crippen LogP contribution in [0.4, 0.5) is 5.69 Å². The Bertz CT molecular complexity index is 367. The van der Waals surface area contributed by atoms with E-state index in [1.165, 1.54) is 30.4 Å². The van der Waals surface area contributed by atoms with E-state index in [1.54, 1.807) is 6.20 Å². The van der Waals surface area contributed by atoms with Crippen LogP contribution in [0.3, 0.4) is 0 Å². The molecule has 0 saturated heterocycles. The molecule has 2 rings (SSSR count). The normalized spacial score (nSPS) is 16.5. The van der Waals surface area contributed by atoms with Gasteiger partial charge >= 0.3 is 0 Å². The van der Waals surface area contributed by atoms with Gasteiger partial charge in [-0.05, 0) is 49.8 Å². The Morgan fingerprint density at radius 2 is 2.21 bits per heavy atom. The molecule has 0 atom stereocenters. The minimum absolute atomic E-state index is 0.752. The highest BCUT2D eigenvalue weighted by Crippen LogP contribution is 2.27. The van der Waals surface area contributed by atoms with Crippen LogP contribution >= 0.6 is 0 Å². The van der Waals surface area contributed by atoms with Crippen molar-refractivity contribution in [2.24, 2.45) is 0 Å². The zero-order chi connectivity index (χ0) is 9.97. The molecular formula is C12H16N2. The summed E-state index contributed by atoms with van der Waals surface area (Å²) in [6.07, 6.45) is 9.03. The zero-order valence-corrected chi connectivity index (χ0v) is 8.59. The number of rotatable bonds is 1. The highest BCUT2D eigenvalue weighted by Gasteiger charge is 2.09. The van der Waals surface area contributed by atoms with E-state index in [1.807, 2.05) is 6.07 Å². The van der Waals surface area contributed by atoms with Gasteiger partial charge in [0.15, 0.2) is 0 Å². The van der Waals surface area contributed by atoms with E-state index >= 15 is 0 Å². The van der Waals surface area contributed by atoms with Crippen molar-refractivity contribution >= 4 is 11.3 Å². The van der Waals surface area contributed by atoms with Crippen LogP contribution in [0.1, 0.15) is 36.9 Å². The molecule has 1 aromatic heterocycles. The third-order valence-electron chi connectivity index (χ3n) is 2.69. The van der Waals surface area contributed by atoms with Crippen molar-refractivity contribution in [3.8, 4) is 0 Å². The minimum atomic E-state index is 0.752. The molecule has 0 aliphatic heterocycles. The average molecular weight is 188 g/mol. The van der Waals surface area contributed by atoms with Gasteiger partial charge in [-0.15, -0.1) is 0 Å². The SMILES string of the molecule is Cc1cc(N)cnc1C1=CCCCC1. The van der Waals surface area contributed by atoms with Crippen molar-refractivity contribution in [2.45, 2.75) is 32.6 Å². The Balaban J connectivity index is 2.35. The van der Waals surface area contributed by atoms with Crippen LogP contribution in [-0.4, -0.2) is 4.98 Å². The predicted octanol–water partition coefficient (Wildman–Crippen LogP) is 2.93. The van der Waals surface area contributed by atoms with E-state index in [-0.39, 0.29) is 0 Å². The number of hydrogen-bond donors (Lipinski definition) is 1.